The molecule has 17 heteroatoms. The van der Waals surface area contributed by atoms with E-state index in [-0.39, 0.29) is 34.9 Å². The number of halogens is 1. The van der Waals surface area contributed by atoms with Gasteiger partial charge in [-0.2, -0.15) is 5.10 Å². The molecule has 4 atom stereocenters. The number of H-pyrrole nitrogens is 1. The van der Waals surface area contributed by atoms with Crippen molar-refractivity contribution in [3.05, 3.63) is 133 Å². The van der Waals surface area contributed by atoms with E-state index in [2.05, 4.69) is 54.4 Å². The zero-order chi connectivity index (χ0) is 48.2. The first-order valence-corrected chi connectivity index (χ1v) is 25.8. The summed E-state index contributed by atoms with van der Waals surface area (Å²) >= 11 is 0. The Balaban J connectivity index is 1.11. The predicted octanol–water partition coefficient (Wildman–Crippen LogP) is 8.49. The smallest absolute Gasteiger partial charge is 0.387 e. The van der Waals surface area contributed by atoms with Gasteiger partial charge in [0.25, 0.3) is 5.91 Å². The molecular weight excluding hydrogens is 885 g/mol. The minimum atomic E-state index is -2.66. The third-order valence-electron chi connectivity index (χ3n) is 15.1. The maximum atomic E-state index is 15.6. The standard InChI is InChI=1S/C51H59FN9O6P/c1-10-68(65,11-2)42-15-13-36(26-39(42)53-9)58-19-20-59(49(58)64)45-43-32(6)57(18-16-38(43)55-61(45)37-22-29(3)44(52)30(4)23-37)46(62)41-25-35-24-33(34-17-21-66-50(7,8)28-34)12-14-40(35)60(41)51(27-31(51)5)47-54-48(63)67-56-47/h12-15,19-20,22-26,31-32,34,53H,10-11,16-18,21,27-28H2,1-9H3,(H,54,56,63)/t31-,32-,34+,51-/m0/s1. The molecule has 3 aliphatic rings. The second-order valence-corrected chi connectivity index (χ2v) is 23.2. The Morgan fingerprint density at radius 3 is 2.34 bits per heavy atom. The molecule has 1 aliphatic carbocycles. The number of carbonyl (C=O) groups excluding carboxylic acids is 1. The summed E-state index contributed by atoms with van der Waals surface area (Å²) < 4.78 is 47.0. The van der Waals surface area contributed by atoms with Crippen molar-refractivity contribution in [1.29, 1.82) is 0 Å². The third-order valence-corrected chi connectivity index (χ3v) is 18.4. The summed E-state index contributed by atoms with van der Waals surface area (Å²) in [6, 6.07) is 16.7. The number of aromatic amines is 1. The van der Waals surface area contributed by atoms with Gasteiger partial charge in [0, 0.05) is 78.8 Å². The van der Waals surface area contributed by atoms with Crippen molar-refractivity contribution >= 4 is 34.9 Å². The highest BCUT2D eigenvalue weighted by Crippen LogP contribution is 2.56. The van der Waals surface area contributed by atoms with Crippen molar-refractivity contribution in [3.8, 4) is 17.2 Å². The SMILES string of the molecule is CCP(=O)(CC)c1ccc(-n2ccn(-c3c4c(nn3-c3cc(C)c(F)c(C)c3)CCN(C(=O)c3cc5cc([C@@H]6CCOC(C)(C)C6)ccc5n3[C@@]3(c5noc(=O)[nH]5)C[C@@H]3C)[C@H]4C)c2=O)cc1NC. The first-order valence-electron chi connectivity index (χ1n) is 23.7. The molecule has 6 heterocycles. The van der Waals surface area contributed by atoms with Gasteiger partial charge in [-0.15, -0.1) is 0 Å². The van der Waals surface area contributed by atoms with Crippen LogP contribution in [0.4, 0.5) is 10.1 Å². The Morgan fingerprint density at radius 1 is 0.971 bits per heavy atom. The van der Waals surface area contributed by atoms with Gasteiger partial charge in [-0.3, -0.25) is 23.4 Å². The molecule has 15 nitrogen and oxygen atoms in total. The summed E-state index contributed by atoms with van der Waals surface area (Å²) in [6.45, 7) is 16.5. The van der Waals surface area contributed by atoms with Crippen molar-refractivity contribution < 1.29 is 23.0 Å². The quantitative estimate of drug-likeness (QED) is 0.121. The van der Waals surface area contributed by atoms with Crippen LogP contribution in [0.25, 0.3) is 28.1 Å². The van der Waals surface area contributed by atoms with Crippen LogP contribution in [0.5, 0.6) is 0 Å². The van der Waals surface area contributed by atoms with Gasteiger partial charge in [0.2, 0.25) is 0 Å². The molecular formula is C51H59FN9O6P. The summed E-state index contributed by atoms with van der Waals surface area (Å²) in [5.41, 5.74) is 5.06. The van der Waals surface area contributed by atoms with Crippen LogP contribution < -0.4 is 22.1 Å². The molecule has 68 heavy (non-hydrogen) atoms. The van der Waals surface area contributed by atoms with E-state index in [1.807, 2.05) is 54.5 Å². The van der Waals surface area contributed by atoms with Crippen molar-refractivity contribution in [1.82, 2.24) is 38.5 Å². The second-order valence-electron chi connectivity index (χ2n) is 19.7. The second kappa shape index (κ2) is 16.5. The molecule has 0 radical (unpaired) electrons. The Bertz CT molecular complexity index is 3300. The van der Waals surface area contributed by atoms with E-state index in [0.717, 1.165) is 29.0 Å². The van der Waals surface area contributed by atoms with Gasteiger partial charge in [0.15, 0.2) is 5.82 Å². The molecule has 3 aromatic carbocycles. The molecule has 10 rings (SSSR count). The Hall–Kier alpha value is -6.25. The molecule has 7 aromatic rings. The van der Waals surface area contributed by atoms with E-state index in [1.165, 1.54) is 14.7 Å². The number of nitrogens with one attached hydrogen (secondary N) is 2. The lowest BCUT2D eigenvalue weighted by molar-refractivity contribution is -0.0592. The van der Waals surface area contributed by atoms with Gasteiger partial charge >= 0.3 is 11.4 Å². The van der Waals surface area contributed by atoms with Crippen LogP contribution >= 0.6 is 7.14 Å². The number of aromatic nitrogens is 7. The van der Waals surface area contributed by atoms with E-state index < -0.39 is 24.5 Å². The van der Waals surface area contributed by atoms with Gasteiger partial charge in [-0.05, 0) is 131 Å². The van der Waals surface area contributed by atoms with Crippen molar-refractivity contribution in [2.45, 2.75) is 104 Å². The molecule has 1 amide bonds. The van der Waals surface area contributed by atoms with Crippen LogP contribution in [0, 0.1) is 25.6 Å². The number of anilines is 1. The summed E-state index contributed by atoms with van der Waals surface area (Å²) in [5, 5.41) is 14.2. The number of hydrogen-bond acceptors (Lipinski definition) is 9. The first-order chi connectivity index (χ1) is 32.4. The van der Waals surface area contributed by atoms with Crippen LogP contribution in [0.1, 0.15) is 117 Å². The van der Waals surface area contributed by atoms with Gasteiger partial charge in [-0.25, -0.2) is 18.7 Å². The number of hydrogen-bond donors (Lipinski definition) is 2. The number of nitrogens with zero attached hydrogens (tertiary/aromatic N) is 7. The van der Waals surface area contributed by atoms with Crippen LogP contribution in [-0.2, 0) is 21.3 Å². The Labute approximate surface area is 393 Å². The zero-order valence-electron chi connectivity index (χ0n) is 40.1. The fraction of sp³-hybridized carbons (Fsp3) is 0.431. The largest absolute Gasteiger partial charge is 0.438 e. The van der Waals surface area contributed by atoms with Crippen LogP contribution in [0.2, 0.25) is 0 Å². The molecule has 0 spiro atoms. The van der Waals surface area contributed by atoms with Crippen LogP contribution in [0.3, 0.4) is 0 Å². The first kappa shape index (κ1) is 45.5. The van der Waals surface area contributed by atoms with Gasteiger partial charge in [-0.1, -0.05) is 32.0 Å². The average Bonchev–Trinajstić information content (AvgIpc) is 3.82. The third kappa shape index (κ3) is 7.16. The number of carbonyl (C=O) groups is 1. The minimum absolute atomic E-state index is 0.0123. The monoisotopic (exact) mass is 943 g/mol. The molecule has 0 unspecified atom stereocenters. The van der Waals surface area contributed by atoms with Crippen LogP contribution in [0.15, 0.2) is 81.1 Å². The molecule has 356 valence electrons. The molecule has 1 saturated heterocycles. The van der Waals surface area contributed by atoms with Crippen molar-refractivity contribution in [2.75, 3.05) is 37.8 Å². The molecule has 2 fully saturated rings. The predicted molar refractivity (Wildman–Crippen MR) is 261 cm³/mol. The number of amides is 1. The van der Waals surface area contributed by atoms with E-state index in [4.69, 9.17) is 14.4 Å². The molecule has 2 aliphatic heterocycles. The lowest BCUT2D eigenvalue weighted by Crippen LogP contribution is -2.41. The van der Waals surface area contributed by atoms with E-state index >= 15 is 9.18 Å². The van der Waals surface area contributed by atoms with E-state index in [0.29, 0.717) is 95.1 Å². The topological polar surface area (TPSA) is 167 Å². The van der Waals surface area contributed by atoms with Gasteiger partial charge < -0.3 is 24.1 Å². The Kier molecular flexibility index (Phi) is 11.0. The van der Waals surface area contributed by atoms with Gasteiger partial charge in [0.1, 0.15) is 30.0 Å². The number of fused-ring (bicyclic) bond motifs is 2. The average molecular weight is 944 g/mol. The Morgan fingerprint density at radius 2 is 1.69 bits per heavy atom. The summed E-state index contributed by atoms with van der Waals surface area (Å²) in [6.07, 6.45) is 7.17. The van der Waals surface area contributed by atoms with Crippen molar-refractivity contribution in [2.24, 2.45) is 5.92 Å². The van der Waals surface area contributed by atoms with Crippen molar-refractivity contribution in [3.63, 3.8) is 0 Å². The van der Waals surface area contributed by atoms with Gasteiger partial charge in [0.05, 0.1) is 28.7 Å². The number of benzene rings is 3. The number of aryl methyl sites for hydroxylation is 2. The highest BCUT2D eigenvalue weighted by molar-refractivity contribution is 7.71. The maximum Gasteiger partial charge on any atom is 0.438 e. The zero-order valence-corrected chi connectivity index (χ0v) is 41.0. The van der Waals surface area contributed by atoms with E-state index in [1.54, 1.807) is 50.1 Å². The number of ether oxygens (including phenoxy) is 1. The normalized spacial score (nSPS) is 21.3. The van der Waals surface area contributed by atoms with Crippen LogP contribution in [-0.4, -0.2) is 82.6 Å². The summed E-state index contributed by atoms with van der Waals surface area (Å²) in [7, 11) is -0.875. The fourth-order valence-corrected chi connectivity index (χ4v) is 13.3. The fourth-order valence-electron chi connectivity index (χ4n) is 11.2. The van der Waals surface area contributed by atoms with E-state index in [9.17, 15) is 14.2 Å². The highest BCUT2D eigenvalue weighted by atomic mass is 31.2. The molecule has 1 saturated carbocycles. The minimum Gasteiger partial charge on any atom is -0.387 e. The molecule has 2 N–H and O–H groups in total. The number of imidazole rings is 1. The lowest BCUT2D eigenvalue weighted by atomic mass is 9.83. The maximum absolute atomic E-state index is 15.6. The summed E-state index contributed by atoms with van der Waals surface area (Å²) in [4.78, 5) is 47.6. The molecule has 0 bridgehead atoms. The summed E-state index contributed by atoms with van der Waals surface area (Å²) in [5.74, 6) is -0.129. The number of rotatable bonds is 11. The highest BCUT2D eigenvalue weighted by Gasteiger charge is 2.59. The molecule has 4 aromatic heterocycles. The lowest BCUT2D eigenvalue weighted by Gasteiger charge is -2.35.